The molecule has 0 bridgehead atoms. The maximum Gasteiger partial charge on any atom is 0.0433 e. The number of hydrogen-bond donors (Lipinski definition) is 0. The summed E-state index contributed by atoms with van der Waals surface area (Å²) in [6.07, 6.45) is 0. The second kappa shape index (κ2) is 7.34. The molecule has 0 amide bonds. The van der Waals surface area contributed by atoms with Gasteiger partial charge in [0.2, 0.25) is 0 Å². The smallest absolute Gasteiger partial charge is 0.0433 e. The van der Waals surface area contributed by atoms with Gasteiger partial charge in [0.1, 0.15) is 0 Å². The van der Waals surface area contributed by atoms with Crippen molar-refractivity contribution in [3.63, 3.8) is 0 Å². The summed E-state index contributed by atoms with van der Waals surface area (Å²) in [6, 6.07) is 27.2. The lowest BCUT2D eigenvalue weighted by Crippen LogP contribution is -2.23. The second-order valence-corrected chi connectivity index (χ2v) is 6.19. The third kappa shape index (κ3) is 4.14. The molecule has 0 radical (unpaired) electrons. The highest BCUT2D eigenvalue weighted by Gasteiger charge is 2.11. The van der Waals surface area contributed by atoms with E-state index in [1.165, 1.54) is 22.4 Å². The second-order valence-electron chi connectivity index (χ2n) is 5.76. The molecule has 3 aromatic carbocycles. The largest absolute Gasteiger partial charge is 0.363 e. The van der Waals surface area contributed by atoms with Crippen molar-refractivity contribution in [1.82, 2.24) is 0 Å². The first kappa shape index (κ1) is 15.6. The molecule has 0 aliphatic rings. The minimum Gasteiger partial charge on any atom is -0.363 e. The maximum atomic E-state index is 6.24. The molecule has 0 aliphatic heterocycles. The van der Waals surface area contributed by atoms with Gasteiger partial charge in [-0.25, -0.2) is 0 Å². The molecular formula is C21H20ClN. The van der Waals surface area contributed by atoms with Crippen molar-refractivity contribution in [3.8, 4) is 0 Å². The predicted molar refractivity (Wildman–Crippen MR) is 99.0 cm³/mol. The van der Waals surface area contributed by atoms with Crippen molar-refractivity contribution in [2.45, 2.75) is 20.0 Å². The van der Waals surface area contributed by atoms with Crippen molar-refractivity contribution in [2.75, 3.05) is 4.90 Å². The SMILES string of the molecule is Cc1ccc(Cl)cc1N(Cc1ccccc1)Cc1ccccc1. The Bertz CT molecular complexity index is 712. The van der Waals surface area contributed by atoms with Crippen molar-refractivity contribution in [1.29, 1.82) is 0 Å². The lowest BCUT2D eigenvalue weighted by atomic mass is 10.1. The molecule has 0 saturated heterocycles. The van der Waals surface area contributed by atoms with E-state index in [1.807, 2.05) is 6.07 Å². The third-order valence-corrected chi connectivity index (χ3v) is 4.18. The fourth-order valence-corrected chi connectivity index (χ4v) is 2.92. The molecule has 0 atom stereocenters. The van der Waals surface area contributed by atoms with Gasteiger partial charge in [-0.15, -0.1) is 0 Å². The fraction of sp³-hybridized carbons (Fsp3) is 0.143. The van der Waals surface area contributed by atoms with Gasteiger partial charge in [-0.2, -0.15) is 0 Å². The topological polar surface area (TPSA) is 3.24 Å². The van der Waals surface area contributed by atoms with E-state index in [2.05, 4.69) is 84.6 Å². The first-order valence-corrected chi connectivity index (χ1v) is 8.19. The van der Waals surface area contributed by atoms with Crippen molar-refractivity contribution in [2.24, 2.45) is 0 Å². The summed E-state index contributed by atoms with van der Waals surface area (Å²) >= 11 is 6.24. The van der Waals surface area contributed by atoms with Crippen molar-refractivity contribution < 1.29 is 0 Å². The Morgan fingerprint density at radius 1 is 0.739 bits per heavy atom. The van der Waals surface area contributed by atoms with Gasteiger partial charge in [0.25, 0.3) is 0 Å². The van der Waals surface area contributed by atoms with Gasteiger partial charge >= 0.3 is 0 Å². The number of benzene rings is 3. The summed E-state index contributed by atoms with van der Waals surface area (Å²) in [5, 5.41) is 0.775. The van der Waals surface area contributed by atoms with Crippen molar-refractivity contribution >= 4 is 17.3 Å². The van der Waals surface area contributed by atoms with Crippen LogP contribution in [0.15, 0.2) is 78.9 Å². The first-order chi connectivity index (χ1) is 11.2. The van der Waals surface area contributed by atoms with Gasteiger partial charge in [-0.1, -0.05) is 78.3 Å². The third-order valence-electron chi connectivity index (χ3n) is 3.94. The van der Waals surface area contributed by atoms with Gasteiger partial charge < -0.3 is 4.90 Å². The molecule has 0 unspecified atom stereocenters. The Morgan fingerprint density at radius 2 is 1.26 bits per heavy atom. The molecular weight excluding hydrogens is 302 g/mol. The molecule has 0 saturated carbocycles. The van der Waals surface area contributed by atoms with E-state index in [9.17, 15) is 0 Å². The molecule has 1 nitrogen and oxygen atoms in total. The molecule has 116 valence electrons. The summed E-state index contributed by atoms with van der Waals surface area (Å²) in [5.41, 5.74) is 5.01. The highest BCUT2D eigenvalue weighted by Crippen LogP contribution is 2.27. The van der Waals surface area contributed by atoms with Gasteiger partial charge in [0, 0.05) is 23.8 Å². The molecule has 3 aromatic rings. The molecule has 0 fully saturated rings. The van der Waals surface area contributed by atoms with Crippen LogP contribution in [0, 0.1) is 6.92 Å². The molecule has 0 heterocycles. The summed E-state index contributed by atoms with van der Waals surface area (Å²) in [7, 11) is 0. The van der Waals surface area contributed by atoms with Gasteiger partial charge in [0.05, 0.1) is 0 Å². The molecule has 0 N–H and O–H groups in total. The highest BCUT2D eigenvalue weighted by atomic mass is 35.5. The number of aryl methyl sites for hydroxylation is 1. The summed E-state index contributed by atoms with van der Waals surface area (Å²) in [4.78, 5) is 2.38. The summed E-state index contributed by atoms with van der Waals surface area (Å²) in [5.74, 6) is 0. The molecule has 0 spiro atoms. The first-order valence-electron chi connectivity index (χ1n) is 7.81. The molecule has 23 heavy (non-hydrogen) atoms. The van der Waals surface area contributed by atoms with E-state index >= 15 is 0 Å². The molecule has 2 heteroatoms. The van der Waals surface area contributed by atoms with Gasteiger partial charge in [-0.05, 0) is 35.7 Å². The van der Waals surface area contributed by atoms with Crippen LogP contribution in [-0.2, 0) is 13.1 Å². The Balaban J connectivity index is 1.94. The van der Waals surface area contributed by atoms with Gasteiger partial charge in [0.15, 0.2) is 0 Å². The van der Waals surface area contributed by atoms with Crippen LogP contribution in [0.1, 0.15) is 16.7 Å². The monoisotopic (exact) mass is 321 g/mol. The normalized spacial score (nSPS) is 10.5. The van der Waals surface area contributed by atoms with E-state index in [1.54, 1.807) is 0 Å². The van der Waals surface area contributed by atoms with Crippen LogP contribution in [0.25, 0.3) is 0 Å². The zero-order valence-electron chi connectivity index (χ0n) is 13.2. The Kier molecular flexibility index (Phi) is 4.99. The minimum absolute atomic E-state index is 0.775. The predicted octanol–water partition coefficient (Wildman–Crippen LogP) is 5.86. The van der Waals surface area contributed by atoms with Crippen LogP contribution >= 0.6 is 11.6 Å². The van der Waals surface area contributed by atoms with E-state index in [4.69, 9.17) is 11.6 Å². The fourth-order valence-electron chi connectivity index (χ4n) is 2.76. The molecule has 0 aliphatic carbocycles. The Morgan fingerprint density at radius 3 is 1.78 bits per heavy atom. The lowest BCUT2D eigenvalue weighted by molar-refractivity contribution is 0.796. The average molecular weight is 322 g/mol. The number of anilines is 1. The average Bonchev–Trinajstić information content (AvgIpc) is 2.58. The Labute approximate surface area is 143 Å². The minimum atomic E-state index is 0.775. The van der Waals surface area contributed by atoms with E-state index in [0.717, 1.165) is 18.1 Å². The van der Waals surface area contributed by atoms with E-state index in [-0.39, 0.29) is 0 Å². The highest BCUT2D eigenvalue weighted by molar-refractivity contribution is 6.30. The van der Waals surface area contributed by atoms with E-state index in [0.29, 0.717) is 0 Å². The number of halogens is 1. The Hall–Kier alpha value is -2.25. The number of hydrogen-bond acceptors (Lipinski definition) is 1. The van der Waals surface area contributed by atoms with E-state index < -0.39 is 0 Å². The van der Waals surface area contributed by atoms with Crippen LogP contribution in [0.3, 0.4) is 0 Å². The van der Waals surface area contributed by atoms with Crippen LogP contribution in [0.4, 0.5) is 5.69 Å². The summed E-state index contributed by atoms with van der Waals surface area (Å²) < 4.78 is 0. The van der Waals surface area contributed by atoms with Crippen LogP contribution in [0.5, 0.6) is 0 Å². The van der Waals surface area contributed by atoms with Crippen molar-refractivity contribution in [3.05, 3.63) is 101 Å². The molecule has 0 aromatic heterocycles. The lowest BCUT2D eigenvalue weighted by Gasteiger charge is -2.27. The number of nitrogens with zero attached hydrogens (tertiary/aromatic N) is 1. The quantitative estimate of drug-likeness (QED) is 0.569. The van der Waals surface area contributed by atoms with Crippen LogP contribution in [-0.4, -0.2) is 0 Å². The molecule has 3 rings (SSSR count). The number of rotatable bonds is 5. The van der Waals surface area contributed by atoms with Crippen LogP contribution < -0.4 is 4.90 Å². The van der Waals surface area contributed by atoms with Gasteiger partial charge in [-0.3, -0.25) is 0 Å². The van der Waals surface area contributed by atoms with Crippen LogP contribution in [0.2, 0.25) is 5.02 Å². The standard InChI is InChI=1S/C21H20ClN/c1-17-12-13-20(22)14-21(17)23(15-18-8-4-2-5-9-18)16-19-10-6-3-7-11-19/h2-14H,15-16H2,1H3. The zero-order chi connectivity index (χ0) is 16.1. The zero-order valence-corrected chi connectivity index (χ0v) is 14.0. The summed E-state index contributed by atoms with van der Waals surface area (Å²) in [6.45, 7) is 3.85. The maximum absolute atomic E-state index is 6.24.